The molecule has 7 heteroatoms. The smallest absolute Gasteiger partial charge is 0.326 e. The molecule has 0 spiro atoms. The number of aromatic nitrogens is 2. The lowest BCUT2D eigenvalue weighted by Gasteiger charge is -2.07. The number of hydrogen-bond donors (Lipinski definition) is 3. The summed E-state index contributed by atoms with van der Waals surface area (Å²) in [4.78, 5) is 15.5. The third-order valence-electron chi connectivity index (χ3n) is 2.27. The average Bonchev–Trinajstić information content (AvgIpc) is 2.61. The van der Waals surface area contributed by atoms with E-state index >= 15 is 0 Å². The van der Waals surface area contributed by atoms with Crippen molar-refractivity contribution in [3.05, 3.63) is 35.5 Å². The lowest BCUT2D eigenvalue weighted by molar-refractivity contribution is 0.262. The largest absolute Gasteiger partial charge is 0.493 e. The number of carbonyl (C=O) groups excluding carboxylic acids is 1. The molecule has 3 N–H and O–H groups in total. The Kier molecular flexibility index (Phi) is 3.38. The van der Waals surface area contributed by atoms with Crippen LogP contribution >= 0.6 is 11.6 Å². The monoisotopic (exact) mass is 266 g/mol. The molecule has 1 heterocycles. The van der Waals surface area contributed by atoms with Crippen LogP contribution in [-0.4, -0.2) is 20.7 Å². The number of carbonyl (C=O) groups is 1. The summed E-state index contributed by atoms with van der Waals surface area (Å²) in [7, 11) is 1.58. The molecule has 2 amide bonds. The molecule has 1 aromatic heterocycles. The summed E-state index contributed by atoms with van der Waals surface area (Å²) in [6, 6.07) is 6.30. The maximum absolute atomic E-state index is 11.7. The van der Waals surface area contributed by atoms with E-state index in [9.17, 15) is 9.90 Å². The first kappa shape index (κ1) is 12.3. The molecule has 2 aromatic rings. The van der Waals surface area contributed by atoms with Gasteiger partial charge >= 0.3 is 6.03 Å². The maximum atomic E-state index is 11.7. The van der Waals surface area contributed by atoms with Crippen molar-refractivity contribution in [1.82, 2.24) is 9.55 Å². The molecule has 0 fully saturated rings. The molecule has 0 radical (unpaired) electrons. The zero-order valence-corrected chi connectivity index (χ0v) is 10.3. The molecule has 18 heavy (non-hydrogen) atoms. The Labute approximate surface area is 108 Å². The van der Waals surface area contributed by atoms with Crippen molar-refractivity contribution < 1.29 is 9.90 Å². The molecular weight excluding hydrogens is 256 g/mol. The third-order valence-corrected chi connectivity index (χ3v) is 2.51. The summed E-state index contributed by atoms with van der Waals surface area (Å²) in [5.41, 5.74) is 0.568. The Morgan fingerprint density at radius 2 is 2.22 bits per heavy atom. The van der Waals surface area contributed by atoms with Gasteiger partial charge in [-0.05, 0) is 18.2 Å². The van der Waals surface area contributed by atoms with Crippen molar-refractivity contribution in [3.8, 4) is 5.88 Å². The summed E-state index contributed by atoms with van der Waals surface area (Å²) >= 11 is 5.80. The summed E-state index contributed by atoms with van der Waals surface area (Å²) < 4.78 is 1.34. The quantitative estimate of drug-likeness (QED) is 0.781. The lowest BCUT2D eigenvalue weighted by atomic mass is 10.3. The number of halogens is 1. The van der Waals surface area contributed by atoms with Crippen LogP contribution in [0.3, 0.4) is 0 Å². The molecule has 0 unspecified atom stereocenters. The van der Waals surface area contributed by atoms with E-state index in [0.29, 0.717) is 10.7 Å². The van der Waals surface area contributed by atoms with E-state index in [0.717, 1.165) is 0 Å². The van der Waals surface area contributed by atoms with Crippen molar-refractivity contribution in [3.63, 3.8) is 0 Å². The van der Waals surface area contributed by atoms with Gasteiger partial charge in [-0.15, -0.1) is 0 Å². The molecule has 2 rings (SSSR count). The first-order chi connectivity index (χ1) is 8.56. The predicted octanol–water partition coefficient (Wildman–Crippen LogP) is 2.42. The minimum absolute atomic E-state index is 0.0342. The molecule has 0 aliphatic carbocycles. The highest BCUT2D eigenvalue weighted by Gasteiger charge is 2.09. The number of benzene rings is 1. The van der Waals surface area contributed by atoms with Crippen LogP contribution in [-0.2, 0) is 7.05 Å². The number of imidazole rings is 1. The predicted molar refractivity (Wildman–Crippen MR) is 69.0 cm³/mol. The van der Waals surface area contributed by atoms with E-state index in [1.165, 1.54) is 10.8 Å². The van der Waals surface area contributed by atoms with E-state index in [1.54, 1.807) is 31.3 Å². The second kappa shape index (κ2) is 4.97. The molecule has 1 aromatic carbocycles. The Balaban J connectivity index is 2.03. The Hall–Kier alpha value is -2.21. The number of aromatic hydroxyl groups is 1. The van der Waals surface area contributed by atoms with Gasteiger partial charge in [0.05, 0.1) is 6.20 Å². The van der Waals surface area contributed by atoms with Crippen molar-refractivity contribution in [2.45, 2.75) is 0 Å². The standard InChI is InChI=1S/C11H11ClN4O2/c1-16-9(17)6-13-10(16)15-11(18)14-8-4-2-3-7(12)5-8/h2-6,17H,1H3,(H2,13,14,15,18). The molecule has 0 aliphatic rings. The van der Waals surface area contributed by atoms with Crippen LogP contribution in [0, 0.1) is 0 Å². The summed E-state index contributed by atoms with van der Waals surface area (Å²) in [5, 5.41) is 14.9. The van der Waals surface area contributed by atoms with E-state index in [4.69, 9.17) is 11.6 Å². The van der Waals surface area contributed by atoms with Gasteiger partial charge in [0.2, 0.25) is 11.8 Å². The fourth-order valence-electron chi connectivity index (χ4n) is 1.35. The number of amides is 2. The van der Waals surface area contributed by atoms with Crippen LogP contribution in [0.15, 0.2) is 30.5 Å². The van der Waals surface area contributed by atoms with Gasteiger partial charge in [-0.1, -0.05) is 17.7 Å². The fraction of sp³-hybridized carbons (Fsp3) is 0.0909. The first-order valence-corrected chi connectivity index (χ1v) is 5.48. The van der Waals surface area contributed by atoms with Gasteiger partial charge in [0, 0.05) is 17.8 Å². The maximum Gasteiger partial charge on any atom is 0.326 e. The molecule has 0 saturated heterocycles. The molecule has 0 aliphatic heterocycles. The molecule has 0 bridgehead atoms. The number of hydrogen-bond acceptors (Lipinski definition) is 3. The summed E-state index contributed by atoms with van der Waals surface area (Å²) in [6.07, 6.45) is 1.25. The van der Waals surface area contributed by atoms with Gasteiger partial charge in [-0.2, -0.15) is 0 Å². The molecule has 94 valence electrons. The van der Waals surface area contributed by atoms with Crippen molar-refractivity contribution in [2.75, 3.05) is 10.6 Å². The fourth-order valence-corrected chi connectivity index (χ4v) is 1.54. The highest BCUT2D eigenvalue weighted by molar-refractivity contribution is 6.30. The molecule has 0 saturated carbocycles. The van der Waals surface area contributed by atoms with Crippen LogP contribution < -0.4 is 10.6 Å². The van der Waals surface area contributed by atoms with Crippen LogP contribution in [0.2, 0.25) is 5.02 Å². The van der Waals surface area contributed by atoms with Crippen LogP contribution in [0.5, 0.6) is 5.88 Å². The van der Waals surface area contributed by atoms with Gasteiger partial charge in [-0.25, -0.2) is 9.78 Å². The van der Waals surface area contributed by atoms with Crippen molar-refractivity contribution >= 4 is 29.3 Å². The van der Waals surface area contributed by atoms with Crippen molar-refractivity contribution in [1.29, 1.82) is 0 Å². The number of nitrogens with one attached hydrogen (secondary N) is 2. The van der Waals surface area contributed by atoms with Crippen LogP contribution in [0.25, 0.3) is 0 Å². The number of nitrogens with zero attached hydrogens (tertiary/aromatic N) is 2. The highest BCUT2D eigenvalue weighted by atomic mass is 35.5. The zero-order valence-electron chi connectivity index (χ0n) is 9.51. The van der Waals surface area contributed by atoms with Gasteiger partial charge < -0.3 is 10.4 Å². The van der Waals surface area contributed by atoms with Gasteiger partial charge in [0.1, 0.15) is 0 Å². The number of anilines is 2. The Morgan fingerprint density at radius 1 is 1.44 bits per heavy atom. The number of urea groups is 1. The highest BCUT2D eigenvalue weighted by Crippen LogP contribution is 2.16. The van der Waals surface area contributed by atoms with E-state index in [2.05, 4.69) is 15.6 Å². The topological polar surface area (TPSA) is 79.2 Å². The second-order valence-electron chi connectivity index (χ2n) is 3.59. The average molecular weight is 267 g/mol. The van der Waals surface area contributed by atoms with Crippen LogP contribution in [0.1, 0.15) is 0 Å². The first-order valence-electron chi connectivity index (χ1n) is 5.10. The van der Waals surface area contributed by atoms with E-state index < -0.39 is 6.03 Å². The van der Waals surface area contributed by atoms with Gasteiger partial charge in [0.25, 0.3) is 0 Å². The zero-order chi connectivity index (χ0) is 13.1. The molecule has 0 atom stereocenters. The third kappa shape index (κ3) is 2.72. The SMILES string of the molecule is Cn1c(O)cnc1NC(=O)Nc1cccc(Cl)c1. The van der Waals surface area contributed by atoms with E-state index in [1.807, 2.05) is 0 Å². The van der Waals surface area contributed by atoms with Crippen LogP contribution in [0.4, 0.5) is 16.4 Å². The van der Waals surface area contributed by atoms with Gasteiger partial charge in [0.15, 0.2) is 0 Å². The Morgan fingerprint density at radius 3 is 2.83 bits per heavy atom. The minimum Gasteiger partial charge on any atom is -0.493 e. The van der Waals surface area contributed by atoms with E-state index in [-0.39, 0.29) is 11.8 Å². The summed E-state index contributed by atoms with van der Waals surface area (Å²) in [6.45, 7) is 0. The van der Waals surface area contributed by atoms with Gasteiger partial charge in [-0.3, -0.25) is 9.88 Å². The number of rotatable bonds is 2. The summed E-state index contributed by atoms with van der Waals surface area (Å²) in [5.74, 6) is 0.208. The van der Waals surface area contributed by atoms with Crippen molar-refractivity contribution in [2.24, 2.45) is 7.05 Å². The second-order valence-corrected chi connectivity index (χ2v) is 4.02. The lowest BCUT2D eigenvalue weighted by Crippen LogP contribution is -2.21. The molecular formula is C11H11ClN4O2. The minimum atomic E-state index is -0.467. The Bertz CT molecular complexity index is 582. The normalized spacial score (nSPS) is 10.1. The molecule has 6 nitrogen and oxygen atoms in total.